The number of fused-ring (bicyclic) bond motifs is 1. The van der Waals surface area contributed by atoms with Crippen LogP contribution in [0.2, 0.25) is 0 Å². The predicted molar refractivity (Wildman–Crippen MR) is 152 cm³/mol. The van der Waals surface area contributed by atoms with Crippen molar-refractivity contribution in [3.63, 3.8) is 0 Å². The number of rotatable bonds is 5. The van der Waals surface area contributed by atoms with Crippen LogP contribution in [-0.2, 0) is 4.74 Å². The molecule has 0 bridgehead atoms. The number of nitro groups is 1. The van der Waals surface area contributed by atoms with Crippen molar-refractivity contribution in [2.75, 3.05) is 36.4 Å². The van der Waals surface area contributed by atoms with E-state index < -0.39 is 16.6 Å². The van der Waals surface area contributed by atoms with Gasteiger partial charge in [-0.1, -0.05) is 0 Å². The van der Waals surface area contributed by atoms with Gasteiger partial charge in [0.1, 0.15) is 28.5 Å². The third-order valence-electron chi connectivity index (χ3n) is 6.60. The van der Waals surface area contributed by atoms with Gasteiger partial charge in [0.05, 0.1) is 22.9 Å². The van der Waals surface area contributed by atoms with Crippen LogP contribution in [0, 0.1) is 17.0 Å². The molecule has 3 N–H and O–H groups in total. The summed E-state index contributed by atoms with van der Waals surface area (Å²) in [4.78, 5) is 48.2. The summed E-state index contributed by atoms with van der Waals surface area (Å²) in [7, 11) is 0. The second kappa shape index (κ2) is 12.3. The Morgan fingerprint density at radius 1 is 1.20 bits per heavy atom. The molecule has 0 radical (unpaired) electrons. The molecule has 5 rings (SSSR count). The van der Waals surface area contributed by atoms with Crippen molar-refractivity contribution in [3.05, 3.63) is 46.4 Å². The molecule has 14 heteroatoms. The summed E-state index contributed by atoms with van der Waals surface area (Å²) in [6.45, 7) is 9.44. The largest absolute Gasteiger partial charge is 0.489 e. The Bertz CT molecular complexity index is 1410. The van der Waals surface area contributed by atoms with Gasteiger partial charge in [0, 0.05) is 43.8 Å². The van der Waals surface area contributed by atoms with Gasteiger partial charge in [-0.3, -0.25) is 15.4 Å². The fraction of sp³-hybridized carbons (Fsp3) is 0.481. The summed E-state index contributed by atoms with van der Waals surface area (Å²) in [6.07, 6.45) is 5.46. The minimum atomic E-state index is -1.10. The minimum absolute atomic E-state index is 0.0149. The number of aromatic nitrogens is 3. The Morgan fingerprint density at radius 3 is 2.46 bits per heavy atom. The van der Waals surface area contributed by atoms with Gasteiger partial charge in [0.2, 0.25) is 0 Å². The standard InChI is InChI=1S/C15H22N4O4.C12H13N3O3/c1-11-12(19(21)22)5-6-13(16-11)17-7-9-18(10-8-17)14(20)23-15(2,3)4;16-12(17)15-10-6-14-11-9(10)4-8(5-13-11)18-7-2-1-3-7/h5-6H,7-10H2,1-4H3;4-7,15H,1-3H2,(H,13,14)(H,16,17). The molecule has 1 aliphatic carbocycles. The van der Waals surface area contributed by atoms with E-state index in [1.165, 1.54) is 12.5 Å². The van der Waals surface area contributed by atoms with Crippen LogP contribution < -0.4 is 15.0 Å². The number of pyridine rings is 2. The van der Waals surface area contributed by atoms with Crippen LogP contribution in [0.3, 0.4) is 0 Å². The number of aromatic amines is 1. The monoisotopic (exact) mass is 569 g/mol. The predicted octanol–water partition coefficient (Wildman–Crippen LogP) is 4.94. The third kappa shape index (κ3) is 7.74. The number of hydrogen-bond donors (Lipinski definition) is 3. The molecular weight excluding hydrogens is 534 g/mol. The normalized spacial score (nSPS) is 15.4. The lowest BCUT2D eigenvalue weighted by atomic mass is 9.96. The van der Waals surface area contributed by atoms with Gasteiger partial charge in [0.25, 0.3) is 5.69 Å². The Kier molecular flexibility index (Phi) is 8.79. The van der Waals surface area contributed by atoms with E-state index in [-0.39, 0.29) is 17.9 Å². The van der Waals surface area contributed by atoms with E-state index in [9.17, 15) is 19.7 Å². The summed E-state index contributed by atoms with van der Waals surface area (Å²) >= 11 is 0. The average Bonchev–Trinajstić information content (AvgIpc) is 3.26. The first kappa shape index (κ1) is 29.4. The van der Waals surface area contributed by atoms with E-state index in [0.717, 1.165) is 12.8 Å². The molecule has 2 amide bonds. The summed E-state index contributed by atoms with van der Waals surface area (Å²) in [6, 6.07) is 4.93. The van der Waals surface area contributed by atoms with Crippen molar-refractivity contribution in [2.45, 2.75) is 58.7 Å². The second-order valence-corrected chi connectivity index (χ2v) is 10.9. The van der Waals surface area contributed by atoms with Crippen molar-refractivity contribution >= 4 is 40.4 Å². The number of H-pyrrole nitrogens is 1. The SMILES string of the molecule is Cc1nc(N2CCN(C(=O)OC(C)(C)C)CC2)ccc1[N+](=O)[O-].O=C(O)Nc1c[nH]c2ncc(OC3CCC3)cc12. The van der Waals surface area contributed by atoms with Crippen molar-refractivity contribution < 1.29 is 29.1 Å². The first-order chi connectivity index (χ1) is 19.4. The molecule has 1 saturated carbocycles. The summed E-state index contributed by atoms with van der Waals surface area (Å²) in [5, 5.41) is 22.6. The van der Waals surface area contributed by atoms with Gasteiger partial charge in [-0.25, -0.2) is 19.6 Å². The molecule has 1 saturated heterocycles. The first-order valence-electron chi connectivity index (χ1n) is 13.4. The summed E-state index contributed by atoms with van der Waals surface area (Å²) in [5.74, 6) is 1.37. The molecule has 0 atom stereocenters. The highest BCUT2D eigenvalue weighted by atomic mass is 16.6. The number of amides is 2. The molecular formula is C27H35N7O7. The topological polar surface area (TPSA) is 176 Å². The van der Waals surface area contributed by atoms with Crippen molar-refractivity contribution in [1.82, 2.24) is 19.9 Å². The lowest BCUT2D eigenvalue weighted by Gasteiger charge is -2.36. The van der Waals surface area contributed by atoms with Crippen LogP contribution in [0.25, 0.3) is 11.0 Å². The zero-order chi connectivity index (χ0) is 29.7. The smallest absolute Gasteiger partial charge is 0.410 e. The maximum absolute atomic E-state index is 12.0. The molecule has 2 aliphatic rings. The summed E-state index contributed by atoms with van der Waals surface area (Å²) < 4.78 is 11.1. The molecule has 0 unspecified atom stereocenters. The van der Waals surface area contributed by atoms with Crippen LogP contribution in [0.15, 0.2) is 30.6 Å². The maximum atomic E-state index is 12.0. The van der Waals surface area contributed by atoms with Crippen molar-refractivity contribution in [3.8, 4) is 5.75 Å². The molecule has 41 heavy (non-hydrogen) atoms. The quantitative estimate of drug-likeness (QED) is 0.282. The minimum Gasteiger partial charge on any atom is -0.489 e. The number of hydrogen-bond acceptors (Lipinski definition) is 9. The molecule has 0 spiro atoms. The number of nitrogens with one attached hydrogen (secondary N) is 2. The molecule has 1 aliphatic heterocycles. The van der Waals surface area contributed by atoms with Gasteiger partial charge < -0.3 is 29.4 Å². The number of aryl methyl sites for hydroxylation is 1. The number of carbonyl (C=O) groups is 2. The summed E-state index contributed by atoms with van der Waals surface area (Å²) in [5.41, 5.74) is 1.03. The Morgan fingerprint density at radius 2 is 1.90 bits per heavy atom. The molecule has 4 heterocycles. The van der Waals surface area contributed by atoms with Crippen LogP contribution in [0.4, 0.5) is 26.8 Å². The number of piperazine rings is 1. The number of anilines is 2. The van der Waals surface area contributed by atoms with Gasteiger partial charge >= 0.3 is 12.2 Å². The lowest BCUT2D eigenvalue weighted by Crippen LogP contribution is -2.50. The van der Waals surface area contributed by atoms with Crippen LogP contribution in [0.1, 0.15) is 45.7 Å². The van der Waals surface area contributed by atoms with Crippen LogP contribution >= 0.6 is 0 Å². The molecule has 14 nitrogen and oxygen atoms in total. The lowest BCUT2D eigenvalue weighted by molar-refractivity contribution is -0.385. The Hall–Kier alpha value is -4.62. The average molecular weight is 570 g/mol. The van der Waals surface area contributed by atoms with Crippen LogP contribution in [-0.4, -0.2) is 80.0 Å². The fourth-order valence-corrected chi connectivity index (χ4v) is 4.30. The highest BCUT2D eigenvalue weighted by Gasteiger charge is 2.27. The zero-order valence-electron chi connectivity index (χ0n) is 23.5. The highest BCUT2D eigenvalue weighted by Crippen LogP contribution is 2.29. The van der Waals surface area contributed by atoms with Crippen molar-refractivity contribution in [1.29, 1.82) is 0 Å². The number of carboxylic acid groups (broad SMARTS) is 1. The van der Waals surface area contributed by atoms with Gasteiger partial charge in [-0.15, -0.1) is 0 Å². The molecule has 2 fully saturated rings. The van der Waals surface area contributed by atoms with E-state index in [4.69, 9.17) is 14.6 Å². The van der Waals surface area contributed by atoms with E-state index in [1.807, 2.05) is 31.7 Å². The van der Waals surface area contributed by atoms with Gasteiger partial charge in [-0.05, 0) is 59.1 Å². The zero-order valence-corrected chi connectivity index (χ0v) is 23.5. The van der Waals surface area contributed by atoms with Gasteiger partial charge in [-0.2, -0.15) is 0 Å². The fourth-order valence-electron chi connectivity index (χ4n) is 4.30. The highest BCUT2D eigenvalue weighted by molar-refractivity contribution is 5.97. The number of nitrogens with zero attached hydrogens (tertiary/aromatic N) is 5. The Balaban J connectivity index is 0.000000194. The van der Waals surface area contributed by atoms with E-state index >= 15 is 0 Å². The van der Waals surface area contributed by atoms with E-state index in [0.29, 0.717) is 60.2 Å². The maximum Gasteiger partial charge on any atom is 0.410 e. The molecule has 0 aromatic carbocycles. The van der Waals surface area contributed by atoms with E-state index in [1.54, 1.807) is 30.3 Å². The van der Waals surface area contributed by atoms with Gasteiger partial charge in [0.15, 0.2) is 0 Å². The molecule has 220 valence electrons. The Labute approximate surface area is 236 Å². The van der Waals surface area contributed by atoms with Crippen LogP contribution in [0.5, 0.6) is 5.75 Å². The number of ether oxygens (including phenoxy) is 2. The molecule has 3 aromatic heterocycles. The molecule has 3 aromatic rings. The third-order valence-corrected chi connectivity index (χ3v) is 6.60. The van der Waals surface area contributed by atoms with Crippen molar-refractivity contribution in [2.24, 2.45) is 0 Å². The number of carbonyl (C=O) groups excluding carboxylic acids is 1. The van der Waals surface area contributed by atoms with E-state index in [2.05, 4.69) is 20.3 Å². The second-order valence-electron chi connectivity index (χ2n) is 10.9. The first-order valence-corrected chi connectivity index (χ1v) is 13.4.